The van der Waals surface area contributed by atoms with E-state index >= 15 is 0 Å². The molecule has 6 aromatic carbocycles. The number of aromatic nitrogens is 1. The third-order valence-electron chi connectivity index (χ3n) is 8.94. The molecular weight excluding hydrogens is 695 g/mol. The summed E-state index contributed by atoms with van der Waals surface area (Å²) in [6.45, 7) is 8.07. The Morgan fingerprint density at radius 1 is 0.738 bits per heavy atom. The number of hydrogen-bond donors (Lipinski definition) is 1. The van der Waals surface area contributed by atoms with Crippen LogP contribution in [0.2, 0.25) is 0 Å². The van der Waals surface area contributed by atoms with Gasteiger partial charge in [0, 0.05) is 49.7 Å². The number of aliphatic hydroxyl groups is 1. The molecule has 0 unspecified atom stereocenters. The van der Waals surface area contributed by atoms with Crippen molar-refractivity contribution in [3.63, 3.8) is 0 Å². The Hall–Kier alpha value is -3.59. The molecule has 42 heavy (non-hydrogen) atoms. The van der Waals surface area contributed by atoms with E-state index in [4.69, 9.17) is 4.98 Å². The standard InChI is InChI=1S/C25H12N.C13H24O2.Ir/c1-2-4-18-17(3-1)13-20-24-19(18)10-9-15-6-5-14-7-8-16-11-12-26-25(20)23(16)21(14)22(15)24;1-5-10(6-2)12(14)9-13(15)11(7-3)8-4;/h1-12H;9-11,14H,5-8H2,1-4H3;/q-1;;/b;12-9-;. The summed E-state index contributed by atoms with van der Waals surface area (Å²) >= 11 is 0. The summed E-state index contributed by atoms with van der Waals surface area (Å²) in [7, 11) is 0. The minimum atomic E-state index is 0. The van der Waals surface area contributed by atoms with Crippen LogP contribution in [0.15, 0.2) is 84.8 Å². The van der Waals surface area contributed by atoms with Gasteiger partial charge < -0.3 is 5.11 Å². The van der Waals surface area contributed by atoms with Crippen molar-refractivity contribution in [2.45, 2.75) is 53.4 Å². The number of nitrogens with zero attached hydrogens (tertiary/aromatic N) is 1. The molecule has 7 aromatic rings. The first kappa shape index (κ1) is 29.9. The van der Waals surface area contributed by atoms with Crippen molar-refractivity contribution in [3.8, 4) is 0 Å². The molecule has 1 aromatic heterocycles. The summed E-state index contributed by atoms with van der Waals surface area (Å²) in [5.74, 6) is 0.547. The largest absolute Gasteiger partial charge is 0.512 e. The zero-order chi connectivity index (χ0) is 28.7. The second-order valence-electron chi connectivity index (χ2n) is 11.1. The minimum absolute atomic E-state index is 0. The summed E-state index contributed by atoms with van der Waals surface area (Å²) < 4.78 is 0. The van der Waals surface area contributed by atoms with E-state index in [1.54, 1.807) is 0 Å². The molecule has 3 nitrogen and oxygen atoms in total. The fraction of sp³-hybridized carbons (Fsp3) is 0.263. The van der Waals surface area contributed by atoms with Gasteiger partial charge in [0.15, 0.2) is 5.78 Å². The van der Waals surface area contributed by atoms with Crippen LogP contribution in [-0.4, -0.2) is 15.9 Å². The number of ketones is 1. The zero-order valence-electron chi connectivity index (χ0n) is 24.6. The molecule has 0 saturated carbocycles. The van der Waals surface area contributed by atoms with E-state index in [1.165, 1.54) is 54.6 Å². The molecule has 0 spiro atoms. The van der Waals surface area contributed by atoms with Crippen molar-refractivity contribution in [3.05, 3.63) is 90.8 Å². The third-order valence-corrected chi connectivity index (χ3v) is 8.94. The van der Waals surface area contributed by atoms with Gasteiger partial charge in [-0.15, -0.1) is 17.5 Å². The quantitative estimate of drug-likeness (QED) is 0.0584. The average Bonchev–Trinajstić information content (AvgIpc) is 3.01. The molecule has 0 aliphatic heterocycles. The Labute approximate surface area is 260 Å². The molecule has 7 rings (SSSR count). The van der Waals surface area contributed by atoms with Crippen molar-refractivity contribution in [1.82, 2.24) is 4.98 Å². The molecule has 1 N–H and O–H groups in total. The molecule has 0 fully saturated rings. The SMILES string of the molecule is CCC(CC)C(=O)/C=C(\O)C(CC)CC.[Ir].[c-]1c2ccccc2c2ccc3ccc4ccc5ccnc6c1c2c3c4c56. The Morgan fingerprint density at radius 2 is 1.31 bits per heavy atom. The minimum Gasteiger partial charge on any atom is -0.512 e. The predicted molar refractivity (Wildman–Crippen MR) is 174 cm³/mol. The maximum Gasteiger partial charge on any atom is 0.162 e. The van der Waals surface area contributed by atoms with Crippen molar-refractivity contribution < 1.29 is 30.0 Å². The van der Waals surface area contributed by atoms with Gasteiger partial charge in [0.05, 0.1) is 5.76 Å². The van der Waals surface area contributed by atoms with Gasteiger partial charge in [0.2, 0.25) is 0 Å². The van der Waals surface area contributed by atoms with Crippen molar-refractivity contribution >= 4 is 70.5 Å². The van der Waals surface area contributed by atoms with Gasteiger partial charge in [-0.3, -0.25) is 9.78 Å². The van der Waals surface area contributed by atoms with Crippen LogP contribution in [0.1, 0.15) is 53.4 Å². The number of aliphatic hydroxyl groups excluding tert-OH is 1. The normalized spacial score (nSPS) is 12.3. The van der Waals surface area contributed by atoms with E-state index in [9.17, 15) is 9.90 Å². The fourth-order valence-electron chi connectivity index (χ4n) is 6.56. The van der Waals surface area contributed by atoms with Crippen molar-refractivity contribution in [2.24, 2.45) is 11.8 Å². The summed E-state index contributed by atoms with van der Waals surface area (Å²) in [6.07, 6.45) is 6.83. The topological polar surface area (TPSA) is 50.2 Å². The van der Waals surface area contributed by atoms with E-state index < -0.39 is 0 Å². The zero-order valence-corrected chi connectivity index (χ0v) is 27.0. The van der Waals surface area contributed by atoms with Crippen LogP contribution in [0.5, 0.6) is 0 Å². The first-order valence-corrected chi connectivity index (χ1v) is 15.0. The second kappa shape index (κ2) is 12.3. The van der Waals surface area contributed by atoms with E-state index in [2.05, 4.69) is 72.8 Å². The molecule has 1 radical (unpaired) electrons. The Morgan fingerprint density at radius 3 is 1.95 bits per heavy atom. The molecule has 0 saturated heterocycles. The third kappa shape index (κ3) is 4.91. The van der Waals surface area contributed by atoms with Gasteiger partial charge in [0.25, 0.3) is 0 Å². The number of benzene rings is 6. The molecule has 1 heterocycles. The summed E-state index contributed by atoms with van der Waals surface area (Å²) in [5, 5.41) is 23.7. The Kier molecular flexibility index (Phi) is 8.78. The van der Waals surface area contributed by atoms with Gasteiger partial charge in [-0.25, -0.2) is 0 Å². The van der Waals surface area contributed by atoms with E-state index in [-0.39, 0.29) is 43.5 Å². The van der Waals surface area contributed by atoms with E-state index in [0.29, 0.717) is 0 Å². The number of carbonyl (C=O) groups is 1. The molecule has 4 heteroatoms. The maximum absolute atomic E-state index is 11.7. The first-order chi connectivity index (χ1) is 20.0. The van der Waals surface area contributed by atoms with E-state index in [1.807, 2.05) is 33.9 Å². The van der Waals surface area contributed by atoms with Gasteiger partial charge in [-0.1, -0.05) is 104 Å². The molecule has 0 aliphatic rings. The average molecular weight is 731 g/mol. The fourth-order valence-corrected chi connectivity index (χ4v) is 6.56. The Balaban J connectivity index is 0.000000193. The van der Waals surface area contributed by atoms with Crippen LogP contribution < -0.4 is 0 Å². The van der Waals surface area contributed by atoms with Crippen LogP contribution >= 0.6 is 0 Å². The van der Waals surface area contributed by atoms with Crippen molar-refractivity contribution in [1.29, 1.82) is 0 Å². The number of hydrogen-bond acceptors (Lipinski definition) is 3. The van der Waals surface area contributed by atoms with Crippen LogP contribution in [0, 0.1) is 17.9 Å². The number of rotatable bonds is 7. The summed E-state index contributed by atoms with van der Waals surface area (Å²) in [5.41, 5.74) is 1.06. The molecule has 0 bridgehead atoms. The van der Waals surface area contributed by atoms with Crippen LogP contribution in [0.3, 0.4) is 0 Å². The van der Waals surface area contributed by atoms with Gasteiger partial charge in [-0.2, -0.15) is 0 Å². The second-order valence-corrected chi connectivity index (χ2v) is 11.1. The van der Waals surface area contributed by atoms with Crippen LogP contribution in [0.25, 0.3) is 64.8 Å². The van der Waals surface area contributed by atoms with E-state index in [0.717, 1.165) is 42.0 Å². The monoisotopic (exact) mass is 731 g/mol. The molecular formula is C38H36IrNO2-. The first-order valence-electron chi connectivity index (χ1n) is 15.0. The van der Waals surface area contributed by atoms with Gasteiger partial charge >= 0.3 is 0 Å². The van der Waals surface area contributed by atoms with Crippen LogP contribution in [0.4, 0.5) is 0 Å². The summed E-state index contributed by atoms with van der Waals surface area (Å²) in [4.78, 5) is 16.5. The smallest absolute Gasteiger partial charge is 0.162 e. The summed E-state index contributed by atoms with van der Waals surface area (Å²) in [6, 6.07) is 27.8. The maximum atomic E-state index is 11.7. The molecule has 0 aliphatic carbocycles. The van der Waals surface area contributed by atoms with Gasteiger partial charge in [0.1, 0.15) is 0 Å². The number of fused-ring (bicyclic) bond motifs is 3. The molecule has 0 atom stereocenters. The molecule has 0 amide bonds. The number of carbonyl (C=O) groups excluding carboxylic acids is 1. The number of pyridine rings is 1. The van der Waals surface area contributed by atoms with Gasteiger partial charge in [-0.05, 0) is 64.1 Å². The van der Waals surface area contributed by atoms with Crippen LogP contribution in [-0.2, 0) is 24.9 Å². The predicted octanol–water partition coefficient (Wildman–Crippen LogP) is 10.5. The van der Waals surface area contributed by atoms with Crippen molar-refractivity contribution in [2.75, 3.05) is 0 Å². The number of allylic oxidation sites excluding steroid dienone is 2. The Bertz CT molecular complexity index is 2030. The molecule has 215 valence electrons.